The summed E-state index contributed by atoms with van der Waals surface area (Å²) in [6, 6.07) is 19.0. The maximum Gasteiger partial charge on any atom is 0.407 e. The number of nitrogens with zero attached hydrogens (tertiary/aromatic N) is 2. The summed E-state index contributed by atoms with van der Waals surface area (Å²) in [5, 5.41) is 8.64. The number of carbonyl (C=O) groups excluding carboxylic acids is 5. The van der Waals surface area contributed by atoms with Crippen LogP contribution >= 0.6 is 0 Å². The molecule has 1 aromatic heterocycles. The van der Waals surface area contributed by atoms with Gasteiger partial charge in [-0.25, -0.2) is 9.59 Å². The molecule has 13 heteroatoms. The molecule has 2 heterocycles. The zero-order valence-corrected chi connectivity index (χ0v) is 30.6. The van der Waals surface area contributed by atoms with Crippen LogP contribution in [0.25, 0.3) is 0 Å². The van der Waals surface area contributed by atoms with E-state index in [1.807, 2.05) is 59.5 Å². The van der Waals surface area contributed by atoms with Crippen LogP contribution < -0.4 is 21.5 Å². The fourth-order valence-corrected chi connectivity index (χ4v) is 7.50. The number of alkyl carbamates (subject to hydrolysis) is 1. The zero-order chi connectivity index (χ0) is 38.0. The van der Waals surface area contributed by atoms with E-state index in [9.17, 15) is 28.8 Å². The minimum absolute atomic E-state index is 0.0370. The van der Waals surface area contributed by atoms with Gasteiger partial charge in [0.25, 0.3) is 11.5 Å². The van der Waals surface area contributed by atoms with Crippen molar-refractivity contribution in [3.8, 4) is 0 Å². The number of pyridine rings is 1. The number of carbonyl (C=O) groups is 5. The maximum atomic E-state index is 14.7. The van der Waals surface area contributed by atoms with E-state index in [1.54, 1.807) is 26.2 Å². The first kappa shape index (κ1) is 38.8. The first-order valence-electron chi connectivity index (χ1n) is 18.3. The van der Waals surface area contributed by atoms with Gasteiger partial charge in [0, 0.05) is 38.9 Å². The molecule has 0 radical (unpaired) electrons. The van der Waals surface area contributed by atoms with Gasteiger partial charge in [-0.3, -0.25) is 19.2 Å². The second kappa shape index (κ2) is 17.8. The first-order chi connectivity index (χ1) is 25.6. The number of benzene rings is 2. The fraction of sp³-hybridized carbons (Fsp3) is 0.450. The van der Waals surface area contributed by atoms with Gasteiger partial charge in [-0.15, -0.1) is 0 Å². The lowest BCUT2D eigenvalue weighted by molar-refractivity contribution is -0.146. The van der Waals surface area contributed by atoms with Crippen LogP contribution in [0.3, 0.4) is 0 Å². The molecule has 53 heavy (non-hydrogen) atoms. The minimum atomic E-state index is -1.18. The van der Waals surface area contributed by atoms with Crippen molar-refractivity contribution in [2.24, 2.45) is 7.05 Å². The Morgan fingerprint density at radius 3 is 2.36 bits per heavy atom. The number of esters is 1. The summed E-state index contributed by atoms with van der Waals surface area (Å²) in [5.41, 5.74) is 0.760. The topological polar surface area (TPSA) is 165 Å². The molecule has 2 aliphatic rings. The van der Waals surface area contributed by atoms with Crippen LogP contribution in [0.5, 0.6) is 0 Å². The molecule has 0 spiro atoms. The molecule has 5 rings (SSSR count). The van der Waals surface area contributed by atoms with E-state index in [-0.39, 0.29) is 35.6 Å². The molecule has 0 unspecified atom stereocenters. The van der Waals surface area contributed by atoms with Gasteiger partial charge in [0.15, 0.2) is 0 Å². The van der Waals surface area contributed by atoms with Gasteiger partial charge in [-0.1, -0.05) is 54.6 Å². The highest BCUT2D eigenvalue weighted by atomic mass is 16.5. The van der Waals surface area contributed by atoms with Crippen LogP contribution in [0.2, 0.25) is 0 Å². The molecule has 3 N–H and O–H groups in total. The molecule has 4 amide bonds. The average Bonchev–Trinajstić information content (AvgIpc) is 3.18. The summed E-state index contributed by atoms with van der Waals surface area (Å²) in [4.78, 5) is 80.6. The predicted octanol–water partition coefficient (Wildman–Crippen LogP) is 3.54. The Morgan fingerprint density at radius 2 is 1.64 bits per heavy atom. The fourth-order valence-electron chi connectivity index (χ4n) is 7.50. The summed E-state index contributed by atoms with van der Waals surface area (Å²) in [6.07, 6.45) is 4.30. The average molecular weight is 728 g/mol. The highest BCUT2D eigenvalue weighted by molar-refractivity contribution is 5.97. The quantitative estimate of drug-likeness (QED) is 0.178. The van der Waals surface area contributed by atoms with Gasteiger partial charge in [-0.05, 0) is 80.7 Å². The van der Waals surface area contributed by atoms with Crippen molar-refractivity contribution in [2.75, 3.05) is 33.4 Å². The number of nitrogens with one attached hydrogen (secondary N) is 3. The number of methoxy groups -OCH3 is 1. The second-order valence-corrected chi connectivity index (χ2v) is 13.6. The molecule has 1 fully saturated rings. The highest BCUT2D eigenvalue weighted by Gasteiger charge is 2.49. The normalized spacial score (nSPS) is 18.9. The molecule has 0 saturated carbocycles. The number of amides is 4. The summed E-state index contributed by atoms with van der Waals surface area (Å²) >= 11 is 0. The summed E-state index contributed by atoms with van der Waals surface area (Å²) in [5.74, 6) is -1.87. The van der Waals surface area contributed by atoms with Crippen LogP contribution in [-0.2, 0) is 36.3 Å². The van der Waals surface area contributed by atoms with Crippen LogP contribution in [-0.4, -0.2) is 84.7 Å². The van der Waals surface area contributed by atoms with E-state index in [2.05, 4.69) is 16.0 Å². The van der Waals surface area contributed by atoms with E-state index in [1.165, 1.54) is 17.7 Å². The van der Waals surface area contributed by atoms with Gasteiger partial charge >= 0.3 is 12.1 Å². The zero-order valence-electron chi connectivity index (χ0n) is 30.6. The number of aromatic nitrogens is 1. The van der Waals surface area contributed by atoms with Crippen LogP contribution in [0, 0.1) is 0 Å². The SMILES string of the molecule is CCOC(=O)NCCCC[C@@H](NC(=O)[C@@]1(c2ccccc2)CC[C@H](C(=O)N2CCC(NC(=O)c3cccn(C)c3=O)CC2)c2ccccc21)C(=O)OC. The molecule has 1 aliphatic heterocycles. The van der Waals surface area contributed by atoms with Crippen LogP contribution in [0.1, 0.15) is 84.8 Å². The van der Waals surface area contributed by atoms with Crippen molar-refractivity contribution in [1.29, 1.82) is 0 Å². The number of hydrogen-bond donors (Lipinski definition) is 3. The molecule has 1 saturated heterocycles. The predicted molar refractivity (Wildman–Crippen MR) is 197 cm³/mol. The molecule has 13 nitrogen and oxygen atoms in total. The van der Waals surface area contributed by atoms with Crippen molar-refractivity contribution < 1.29 is 33.4 Å². The molecule has 282 valence electrons. The molecular formula is C40H49N5O8. The van der Waals surface area contributed by atoms with E-state index < -0.39 is 35.3 Å². The van der Waals surface area contributed by atoms with Crippen LogP contribution in [0.4, 0.5) is 4.79 Å². The molecule has 0 bridgehead atoms. The van der Waals surface area contributed by atoms with Crippen LogP contribution in [0.15, 0.2) is 77.7 Å². The molecule has 1 aliphatic carbocycles. The lowest BCUT2D eigenvalue weighted by atomic mass is 9.62. The van der Waals surface area contributed by atoms with Gasteiger partial charge in [-0.2, -0.15) is 0 Å². The largest absolute Gasteiger partial charge is 0.467 e. The minimum Gasteiger partial charge on any atom is -0.467 e. The van der Waals surface area contributed by atoms with Crippen molar-refractivity contribution in [2.45, 2.75) is 75.3 Å². The Labute approximate surface area is 309 Å². The summed E-state index contributed by atoms with van der Waals surface area (Å²) < 4.78 is 11.3. The lowest BCUT2D eigenvalue weighted by Gasteiger charge is -2.43. The standard InChI is InChI=1S/C40H49N5O8/c1-4-53-39(51)41-23-11-10-18-33(37(49)52-3)43-38(50)40(27-13-6-5-7-14-27)22-19-30(29-15-8-9-17-32(29)40)36(48)45-25-20-28(21-26-45)42-34(46)31-16-12-24-44(2)35(31)47/h5-9,12-17,24,28,30,33H,4,10-11,18-23,25-26H2,1-3H3,(H,41,51)(H,42,46)(H,43,50)/t30-,33+,40+/m0/s1. The molecule has 3 atom stereocenters. The monoisotopic (exact) mass is 727 g/mol. The third-order valence-electron chi connectivity index (χ3n) is 10.3. The Balaban J connectivity index is 1.32. The Kier molecular flexibility index (Phi) is 13.1. The highest BCUT2D eigenvalue weighted by Crippen LogP contribution is 2.48. The van der Waals surface area contributed by atoms with Gasteiger partial charge in [0.2, 0.25) is 11.8 Å². The number of piperidine rings is 1. The first-order valence-corrected chi connectivity index (χ1v) is 18.3. The summed E-state index contributed by atoms with van der Waals surface area (Å²) in [6.45, 7) is 3.23. The van der Waals surface area contributed by atoms with E-state index in [0.29, 0.717) is 70.1 Å². The molecule has 3 aromatic rings. The van der Waals surface area contributed by atoms with E-state index >= 15 is 0 Å². The number of ether oxygens (including phenoxy) is 2. The summed E-state index contributed by atoms with van der Waals surface area (Å²) in [7, 11) is 2.88. The third kappa shape index (κ3) is 8.78. The maximum absolute atomic E-state index is 14.7. The van der Waals surface area contributed by atoms with E-state index in [4.69, 9.17) is 9.47 Å². The van der Waals surface area contributed by atoms with E-state index in [0.717, 1.165) is 11.1 Å². The number of likely N-dealkylation sites (tertiary alicyclic amines) is 1. The number of fused-ring (bicyclic) bond motifs is 1. The van der Waals surface area contributed by atoms with Gasteiger partial charge < -0.3 is 34.9 Å². The lowest BCUT2D eigenvalue weighted by Crippen LogP contribution is -2.54. The molecular weight excluding hydrogens is 678 g/mol. The van der Waals surface area contributed by atoms with Crippen molar-refractivity contribution >= 4 is 29.8 Å². The molecule has 2 aromatic carbocycles. The van der Waals surface area contributed by atoms with Crippen molar-refractivity contribution in [3.05, 3.63) is 106 Å². The van der Waals surface area contributed by atoms with Crippen molar-refractivity contribution in [3.63, 3.8) is 0 Å². The Bertz CT molecular complexity index is 1840. The Hall–Kier alpha value is -5.46. The number of unbranched alkanes of at least 4 members (excludes halogenated alkanes) is 1. The number of aryl methyl sites for hydroxylation is 1. The Morgan fingerprint density at radius 1 is 0.925 bits per heavy atom. The van der Waals surface area contributed by atoms with Gasteiger partial charge in [0.1, 0.15) is 11.6 Å². The smallest absolute Gasteiger partial charge is 0.407 e. The third-order valence-corrected chi connectivity index (χ3v) is 10.3. The number of rotatable bonds is 13. The van der Waals surface area contributed by atoms with Gasteiger partial charge in [0.05, 0.1) is 25.0 Å². The van der Waals surface area contributed by atoms with Crippen molar-refractivity contribution in [1.82, 2.24) is 25.4 Å². The second-order valence-electron chi connectivity index (χ2n) is 13.6. The number of hydrogen-bond acceptors (Lipinski definition) is 8.